The van der Waals surface area contributed by atoms with Crippen LogP contribution in [0, 0.1) is 47.4 Å². The van der Waals surface area contributed by atoms with E-state index >= 15 is 0 Å². The summed E-state index contributed by atoms with van der Waals surface area (Å²) in [5.41, 5.74) is 9.54. The maximum atomic E-state index is 3.57. The van der Waals surface area contributed by atoms with Gasteiger partial charge in [-0.1, -0.05) is 186 Å². The molecule has 2 heteroatoms. The highest BCUT2D eigenvalue weighted by Crippen LogP contribution is 2.52. The highest BCUT2D eigenvalue weighted by molar-refractivity contribution is 7.95. The van der Waals surface area contributed by atoms with E-state index in [1.165, 1.54) is 43.0 Å². The van der Waals surface area contributed by atoms with Crippen LogP contribution in [0.1, 0.15) is 97.2 Å². The van der Waals surface area contributed by atoms with Crippen molar-refractivity contribution in [3.63, 3.8) is 0 Å². The van der Waals surface area contributed by atoms with Crippen LogP contribution in [-0.4, -0.2) is 13.3 Å². The molecule has 0 aliphatic carbocycles. The average Bonchev–Trinajstić information content (AvgIpc) is 3.43. The number of hydrogen-bond donors (Lipinski definition) is 0. The SMILES string of the molecule is CC(C)(C)c1ccc(C#Cc2cc(C#Cc3ccc([P+](C)(c4ccccc4)c4ccccc4)cc3)c(C#Cc3ccc(C(C)(C)C)cc3)cc2C#Cc2ccc([P+](C)(c3ccccc3)c3ccccc3)cc2)cc1. The van der Waals surface area contributed by atoms with E-state index in [2.05, 4.69) is 333 Å². The molecule has 358 valence electrons. The van der Waals surface area contributed by atoms with Gasteiger partial charge in [-0.25, -0.2) is 0 Å². The second-order valence-corrected chi connectivity index (χ2v) is 28.2. The Morgan fingerprint density at radius 2 is 0.446 bits per heavy atom. The monoisotopic (exact) mass is 988 g/mol. The molecule has 0 atom stereocenters. The van der Waals surface area contributed by atoms with Gasteiger partial charge < -0.3 is 0 Å². The van der Waals surface area contributed by atoms with Gasteiger partial charge in [0.25, 0.3) is 0 Å². The Hall–Kier alpha value is -7.92. The lowest BCUT2D eigenvalue weighted by molar-refractivity contribution is 0.590. The summed E-state index contributed by atoms with van der Waals surface area (Å²) in [6.07, 6.45) is 0. The molecule has 0 aliphatic heterocycles. The first-order valence-electron chi connectivity index (χ1n) is 25.3. The summed E-state index contributed by atoms with van der Waals surface area (Å²) < 4.78 is 0. The van der Waals surface area contributed by atoms with Crippen molar-refractivity contribution in [3.8, 4) is 47.4 Å². The normalized spacial score (nSPS) is 11.4. The minimum absolute atomic E-state index is 0.0424. The predicted molar refractivity (Wildman–Crippen MR) is 323 cm³/mol. The lowest BCUT2D eigenvalue weighted by atomic mass is 9.87. The number of hydrogen-bond acceptors (Lipinski definition) is 0. The topological polar surface area (TPSA) is 0 Å². The fourth-order valence-corrected chi connectivity index (χ4v) is 15.5. The molecule has 0 heterocycles. The van der Waals surface area contributed by atoms with Gasteiger partial charge in [0, 0.05) is 44.5 Å². The van der Waals surface area contributed by atoms with Gasteiger partial charge in [0.05, 0.1) is 13.3 Å². The largest absolute Gasteiger partial charge is 0.109 e. The minimum Gasteiger partial charge on any atom is -0.0620 e. The number of rotatable bonds is 6. The molecule has 0 amide bonds. The first-order chi connectivity index (χ1) is 35.7. The van der Waals surface area contributed by atoms with E-state index < -0.39 is 14.5 Å². The molecule has 0 N–H and O–H groups in total. The summed E-state index contributed by atoms with van der Waals surface area (Å²) in [7, 11) is -3.79. The molecule has 74 heavy (non-hydrogen) atoms. The Bertz CT molecular complexity index is 3320. The lowest BCUT2D eigenvalue weighted by Crippen LogP contribution is -2.30. The molecule has 9 rings (SSSR count). The van der Waals surface area contributed by atoms with E-state index in [0.29, 0.717) is 0 Å². The lowest BCUT2D eigenvalue weighted by Gasteiger charge is -2.23. The molecule has 9 aromatic carbocycles. The van der Waals surface area contributed by atoms with Gasteiger partial charge in [-0.15, -0.1) is 0 Å². The van der Waals surface area contributed by atoms with Gasteiger partial charge in [0.1, 0.15) is 46.4 Å². The van der Waals surface area contributed by atoms with Crippen molar-refractivity contribution in [1.82, 2.24) is 0 Å². The highest BCUT2D eigenvalue weighted by atomic mass is 31.2. The van der Waals surface area contributed by atoms with Gasteiger partial charge >= 0.3 is 0 Å². The van der Waals surface area contributed by atoms with Gasteiger partial charge in [-0.3, -0.25) is 0 Å². The van der Waals surface area contributed by atoms with Crippen molar-refractivity contribution in [2.75, 3.05) is 13.3 Å². The average molecular weight is 989 g/mol. The molecule has 0 bridgehead atoms. The molecular formula is C72H62P2+2. The molecule has 0 unspecified atom stereocenters. The first kappa shape index (κ1) is 51.0. The molecule has 0 spiro atoms. The summed E-state index contributed by atoms with van der Waals surface area (Å²) in [6.45, 7) is 18.2. The molecule has 0 aromatic heterocycles. The van der Waals surface area contributed by atoms with Crippen molar-refractivity contribution in [2.45, 2.75) is 52.4 Å². The Balaban J connectivity index is 1.15. The zero-order valence-corrected chi connectivity index (χ0v) is 45.6. The first-order valence-corrected chi connectivity index (χ1v) is 29.8. The quantitative estimate of drug-likeness (QED) is 0.115. The van der Waals surface area contributed by atoms with Crippen LogP contribution in [0.5, 0.6) is 0 Å². The van der Waals surface area contributed by atoms with E-state index in [1.54, 1.807) is 0 Å². The Morgan fingerprint density at radius 3 is 0.662 bits per heavy atom. The van der Waals surface area contributed by atoms with Crippen LogP contribution in [0.3, 0.4) is 0 Å². The van der Waals surface area contributed by atoms with Gasteiger partial charge in [0.2, 0.25) is 0 Å². The summed E-state index contributed by atoms with van der Waals surface area (Å²) in [4.78, 5) is 0. The van der Waals surface area contributed by atoms with Crippen LogP contribution >= 0.6 is 14.5 Å². The molecule has 9 aromatic rings. The molecule has 0 aliphatic rings. The maximum absolute atomic E-state index is 3.57. The Morgan fingerprint density at radius 1 is 0.243 bits per heavy atom. The van der Waals surface area contributed by atoms with Gasteiger partial charge in [-0.2, -0.15) is 0 Å². The van der Waals surface area contributed by atoms with E-state index in [1.807, 2.05) is 0 Å². The maximum Gasteiger partial charge on any atom is 0.109 e. The molecule has 0 fully saturated rings. The van der Waals surface area contributed by atoms with Crippen molar-refractivity contribution >= 4 is 46.4 Å². The predicted octanol–water partition coefficient (Wildman–Crippen LogP) is 13.7. The van der Waals surface area contributed by atoms with E-state index in [4.69, 9.17) is 0 Å². The van der Waals surface area contributed by atoms with E-state index in [0.717, 1.165) is 44.5 Å². The highest BCUT2D eigenvalue weighted by Gasteiger charge is 2.41. The number of benzene rings is 9. The van der Waals surface area contributed by atoms with Gasteiger partial charge in [-0.05, 0) is 155 Å². The fourth-order valence-electron chi connectivity index (χ4n) is 9.16. The molecule has 0 saturated heterocycles. The second-order valence-electron chi connectivity index (χ2n) is 21.0. The zero-order valence-electron chi connectivity index (χ0n) is 43.8. The third-order valence-electron chi connectivity index (χ3n) is 13.9. The third kappa shape index (κ3) is 11.6. The van der Waals surface area contributed by atoms with Crippen LogP contribution in [0.2, 0.25) is 0 Å². The Kier molecular flexibility index (Phi) is 15.2. The molecule has 0 nitrogen and oxygen atoms in total. The summed E-state index contributed by atoms with van der Waals surface area (Å²) in [5, 5.41) is 7.98. The standard InChI is InChI=1S/C72H62P2/c1-71(2,3)63-45-33-55(34-46-63)29-41-59-53-62(44-32-58-39-51-70(52-40-58)74(8,67-25-17-11-18-26-67)68-27-19-12-20-28-68)60(42-30-56-35-47-64(48-36-56)72(4,5)6)54-61(59)43-31-57-37-49-69(50-38-57)73(7,65-21-13-9-14-22-65)66-23-15-10-16-24-66/h9-28,33-40,45-54H,1-8H3/q+2. The summed E-state index contributed by atoms with van der Waals surface area (Å²) >= 11 is 0. The van der Waals surface area contributed by atoms with Crippen LogP contribution in [0.4, 0.5) is 0 Å². The van der Waals surface area contributed by atoms with Crippen LogP contribution in [0.25, 0.3) is 0 Å². The fraction of sp³-hybridized carbons (Fsp3) is 0.139. The van der Waals surface area contributed by atoms with E-state index in [-0.39, 0.29) is 10.8 Å². The zero-order chi connectivity index (χ0) is 51.8. The minimum atomic E-state index is -1.90. The van der Waals surface area contributed by atoms with Gasteiger partial charge in [0.15, 0.2) is 0 Å². The molecular weight excluding hydrogens is 927 g/mol. The molecule has 0 saturated carbocycles. The summed E-state index contributed by atoms with van der Waals surface area (Å²) in [6, 6.07) is 82.6. The van der Waals surface area contributed by atoms with E-state index in [9.17, 15) is 0 Å². The van der Waals surface area contributed by atoms with Crippen molar-refractivity contribution in [1.29, 1.82) is 0 Å². The van der Waals surface area contributed by atoms with Crippen LogP contribution in [0.15, 0.2) is 231 Å². The van der Waals surface area contributed by atoms with Crippen LogP contribution in [-0.2, 0) is 10.8 Å². The van der Waals surface area contributed by atoms with Crippen molar-refractivity contribution in [2.24, 2.45) is 0 Å². The Labute approximate surface area is 443 Å². The van der Waals surface area contributed by atoms with Crippen LogP contribution < -0.4 is 31.8 Å². The third-order valence-corrected chi connectivity index (χ3v) is 21.9. The summed E-state index contributed by atoms with van der Waals surface area (Å²) in [5.74, 6) is 28.3. The van der Waals surface area contributed by atoms with Crippen molar-refractivity contribution in [3.05, 3.63) is 286 Å². The second kappa shape index (κ2) is 22.1. The smallest absolute Gasteiger partial charge is 0.0620 e. The molecule has 0 radical (unpaired) electrons. The van der Waals surface area contributed by atoms with Crippen molar-refractivity contribution < 1.29 is 0 Å².